The molecule has 0 bridgehead atoms. The molecule has 1 aromatic carbocycles. The second-order valence-electron chi connectivity index (χ2n) is 10.3. The van der Waals surface area contributed by atoms with E-state index in [1.54, 1.807) is 24.3 Å². The fourth-order valence-corrected chi connectivity index (χ4v) is 5.61. The van der Waals surface area contributed by atoms with Crippen LogP contribution in [-0.4, -0.2) is 63.5 Å². The number of nitrogens with zero attached hydrogens (tertiary/aromatic N) is 4. The van der Waals surface area contributed by atoms with Gasteiger partial charge in [0.05, 0.1) is 6.54 Å². The fraction of sp³-hybridized carbons (Fsp3) is 0.345. The number of benzene rings is 1. The summed E-state index contributed by atoms with van der Waals surface area (Å²) in [6.07, 6.45) is -0.305. The molecule has 12 heteroatoms. The number of aromatic nitrogens is 1. The Morgan fingerprint density at radius 1 is 1.24 bits per heavy atom. The highest BCUT2D eigenvalue weighted by Gasteiger charge is 2.56. The molecule has 8 nitrogen and oxygen atoms in total. The Balaban J connectivity index is 1.37. The third kappa shape index (κ3) is 5.19. The maximum absolute atomic E-state index is 13.7. The van der Waals surface area contributed by atoms with Gasteiger partial charge in [-0.1, -0.05) is 24.3 Å². The van der Waals surface area contributed by atoms with Gasteiger partial charge in [-0.2, -0.15) is 18.4 Å². The van der Waals surface area contributed by atoms with E-state index in [1.165, 1.54) is 18.3 Å². The van der Waals surface area contributed by atoms with Crippen LogP contribution >= 0.6 is 0 Å². The third-order valence-electron chi connectivity index (χ3n) is 7.79. The number of allylic oxidation sites excluding steroid dienone is 3. The van der Waals surface area contributed by atoms with Crippen molar-refractivity contribution >= 4 is 23.4 Å². The van der Waals surface area contributed by atoms with E-state index in [2.05, 4.69) is 4.98 Å². The highest BCUT2D eigenvalue weighted by atomic mass is 19.4. The van der Waals surface area contributed by atoms with E-state index in [1.807, 2.05) is 6.07 Å². The lowest BCUT2D eigenvalue weighted by molar-refractivity contribution is -0.187. The molecule has 2 fully saturated rings. The van der Waals surface area contributed by atoms with Crippen LogP contribution in [0.15, 0.2) is 60.3 Å². The van der Waals surface area contributed by atoms with Gasteiger partial charge in [0.2, 0.25) is 5.91 Å². The van der Waals surface area contributed by atoms with Gasteiger partial charge < -0.3 is 9.64 Å². The molecule has 1 aromatic heterocycles. The molecule has 5 rings (SSSR count). The largest absolute Gasteiger partial charge is 0.436 e. The number of amides is 2. The zero-order valence-electron chi connectivity index (χ0n) is 21.8. The van der Waals surface area contributed by atoms with E-state index < -0.39 is 54.6 Å². The van der Waals surface area contributed by atoms with Gasteiger partial charge in [0, 0.05) is 29.8 Å². The first-order valence-electron chi connectivity index (χ1n) is 12.8. The van der Waals surface area contributed by atoms with Crippen molar-refractivity contribution in [1.82, 2.24) is 14.8 Å². The SMILES string of the molecule is C[C@H](N(Cc1ccc(F)cc1)C(=O)CN1C[C@]2(CCC3C(=O)C(c4cccnc4C#N)=CC=C32)OC1=O)C(F)(F)F. The quantitative estimate of drug-likeness (QED) is 0.474. The zero-order chi connectivity index (χ0) is 29.5. The van der Waals surface area contributed by atoms with E-state index in [0.29, 0.717) is 28.0 Å². The number of alkyl halides is 3. The topological polar surface area (TPSA) is 104 Å². The number of hydrogen-bond acceptors (Lipinski definition) is 6. The summed E-state index contributed by atoms with van der Waals surface area (Å²) in [5.74, 6) is -2.40. The van der Waals surface area contributed by atoms with Crippen molar-refractivity contribution in [3.05, 3.63) is 83.0 Å². The Hall–Kier alpha value is -4.53. The van der Waals surface area contributed by atoms with Crippen LogP contribution in [0, 0.1) is 23.1 Å². The number of ether oxygens (including phenoxy) is 1. The van der Waals surface area contributed by atoms with Gasteiger partial charge in [0.1, 0.15) is 30.2 Å². The van der Waals surface area contributed by atoms with E-state index in [0.717, 1.165) is 24.0 Å². The van der Waals surface area contributed by atoms with Crippen LogP contribution in [0.5, 0.6) is 0 Å². The molecule has 1 aliphatic heterocycles. The van der Waals surface area contributed by atoms with Gasteiger partial charge in [-0.15, -0.1) is 0 Å². The van der Waals surface area contributed by atoms with E-state index in [4.69, 9.17) is 4.74 Å². The Morgan fingerprint density at radius 2 is 1.98 bits per heavy atom. The maximum Gasteiger partial charge on any atom is 0.411 e. The average molecular weight is 569 g/mol. The second kappa shape index (κ2) is 10.5. The molecule has 0 N–H and O–H groups in total. The van der Waals surface area contributed by atoms with Crippen LogP contribution in [-0.2, 0) is 20.9 Å². The van der Waals surface area contributed by atoms with Crippen LogP contribution < -0.4 is 0 Å². The number of halogens is 4. The molecular weight excluding hydrogens is 544 g/mol. The molecule has 2 heterocycles. The lowest BCUT2D eigenvalue weighted by Gasteiger charge is -2.32. The number of carbonyl (C=O) groups is 3. The summed E-state index contributed by atoms with van der Waals surface area (Å²) >= 11 is 0. The average Bonchev–Trinajstić information content (AvgIpc) is 3.46. The zero-order valence-corrected chi connectivity index (χ0v) is 21.8. The van der Waals surface area contributed by atoms with E-state index >= 15 is 0 Å². The van der Waals surface area contributed by atoms with Crippen LogP contribution in [0.25, 0.3) is 5.57 Å². The summed E-state index contributed by atoms with van der Waals surface area (Å²) in [5.41, 5.74) is 0.443. The molecule has 2 aromatic rings. The number of fused-ring (bicyclic) bond motifs is 2. The minimum Gasteiger partial charge on any atom is -0.436 e. The van der Waals surface area contributed by atoms with Crippen molar-refractivity contribution in [2.24, 2.45) is 5.92 Å². The Bertz CT molecular complexity index is 1510. The van der Waals surface area contributed by atoms with Crippen molar-refractivity contribution in [1.29, 1.82) is 5.26 Å². The summed E-state index contributed by atoms with van der Waals surface area (Å²) in [5, 5.41) is 9.39. The van der Waals surface area contributed by atoms with Gasteiger partial charge in [0.15, 0.2) is 11.4 Å². The number of rotatable bonds is 6. The molecule has 0 radical (unpaired) electrons. The van der Waals surface area contributed by atoms with Crippen LogP contribution in [0.3, 0.4) is 0 Å². The minimum absolute atomic E-state index is 0.104. The first kappa shape index (κ1) is 28.0. The Kier molecular flexibility index (Phi) is 7.15. The number of hydrogen-bond donors (Lipinski definition) is 0. The van der Waals surface area contributed by atoms with Crippen LogP contribution in [0.2, 0.25) is 0 Å². The van der Waals surface area contributed by atoms with Crippen molar-refractivity contribution < 1.29 is 36.7 Å². The molecular formula is C29H24F4N4O4. The fourth-order valence-electron chi connectivity index (χ4n) is 5.61. The number of pyridine rings is 1. The molecule has 1 unspecified atom stereocenters. The predicted molar refractivity (Wildman–Crippen MR) is 136 cm³/mol. The maximum atomic E-state index is 13.7. The van der Waals surface area contributed by atoms with E-state index in [9.17, 15) is 37.2 Å². The van der Waals surface area contributed by atoms with Crippen LogP contribution in [0.1, 0.15) is 36.6 Å². The summed E-state index contributed by atoms with van der Waals surface area (Å²) in [7, 11) is 0. The molecule has 1 saturated carbocycles. The molecule has 2 amide bonds. The molecule has 2 aliphatic carbocycles. The Labute approximate surface area is 232 Å². The number of Topliss-reactive ketones (excluding diaryl/α,β-unsaturated/α-hetero) is 1. The highest BCUT2D eigenvalue weighted by Crippen LogP contribution is 2.49. The summed E-state index contributed by atoms with van der Waals surface area (Å²) in [6, 6.07) is 7.79. The van der Waals surface area contributed by atoms with Crippen molar-refractivity contribution in [2.75, 3.05) is 13.1 Å². The number of nitriles is 1. The van der Waals surface area contributed by atoms with Gasteiger partial charge in [0.25, 0.3) is 0 Å². The predicted octanol–water partition coefficient (Wildman–Crippen LogP) is 4.57. The summed E-state index contributed by atoms with van der Waals surface area (Å²) in [6.45, 7) is -0.384. The van der Waals surface area contributed by atoms with Crippen LogP contribution in [0.4, 0.5) is 22.4 Å². The van der Waals surface area contributed by atoms with Gasteiger partial charge >= 0.3 is 12.3 Å². The first-order valence-corrected chi connectivity index (χ1v) is 12.8. The smallest absolute Gasteiger partial charge is 0.411 e. The lowest BCUT2D eigenvalue weighted by Crippen LogP contribution is -2.50. The molecule has 212 valence electrons. The number of carbonyl (C=O) groups excluding carboxylic acids is 3. The van der Waals surface area contributed by atoms with Gasteiger partial charge in [-0.05, 0) is 55.2 Å². The van der Waals surface area contributed by atoms with Gasteiger partial charge in [-0.25, -0.2) is 14.2 Å². The first-order chi connectivity index (χ1) is 19.4. The van der Waals surface area contributed by atoms with Gasteiger partial charge in [-0.3, -0.25) is 14.5 Å². The third-order valence-corrected chi connectivity index (χ3v) is 7.79. The molecule has 3 aliphatic rings. The summed E-state index contributed by atoms with van der Waals surface area (Å²) in [4.78, 5) is 45.1. The van der Waals surface area contributed by atoms with Crippen molar-refractivity contribution in [3.63, 3.8) is 0 Å². The van der Waals surface area contributed by atoms with Crippen molar-refractivity contribution in [2.45, 2.75) is 44.1 Å². The molecule has 1 saturated heterocycles. The molecule has 41 heavy (non-hydrogen) atoms. The molecule has 1 spiro atoms. The highest BCUT2D eigenvalue weighted by molar-refractivity contribution is 6.24. The second-order valence-corrected chi connectivity index (χ2v) is 10.3. The normalized spacial score (nSPS) is 22.5. The monoisotopic (exact) mass is 568 g/mol. The number of ketones is 1. The molecule has 3 atom stereocenters. The lowest BCUT2D eigenvalue weighted by atomic mass is 9.81. The van der Waals surface area contributed by atoms with Crippen molar-refractivity contribution in [3.8, 4) is 6.07 Å². The minimum atomic E-state index is -4.74. The standard InChI is InChI=1S/C29H24F4N4O4/c1-17(29(31,32)33)37(14-18-4-6-19(30)7-5-18)25(38)15-36-16-28(41-27(36)40)11-10-22-23(28)9-8-21(26(22)39)20-3-2-12-35-24(20)13-34/h2-9,12,17,22H,10-11,14-16H2,1H3/t17-,22?,28-/m0/s1. The Morgan fingerprint density at radius 3 is 2.66 bits per heavy atom. The summed E-state index contributed by atoms with van der Waals surface area (Å²) < 4.78 is 60.0. The van der Waals surface area contributed by atoms with E-state index in [-0.39, 0.29) is 30.0 Å².